The summed E-state index contributed by atoms with van der Waals surface area (Å²) in [7, 11) is 0. The van der Waals surface area contributed by atoms with Crippen molar-refractivity contribution in [2.45, 2.75) is 43.9 Å². The Kier molecular flexibility index (Phi) is 1.89. The molecule has 1 aromatic rings. The molecule has 0 nitrogen and oxygen atoms in total. The van der Waals surface area contributed by atoms with E-state index in [-0.39, 0.29) is 5.41 Å². The van der Waals surface area contributed by atoms with Crippen LogP contribution in [0.4, 0.5) is 0 Å². The monoisotopic (exact) mass is 196 g/mol. The summed E-state index contributed by atoms with van der Waals surface area (Å²) >= 11 is 0. The lowest BCUT2D eigenvalue weighted by Gasteiger charge is -2.22. The lowest BCUT2D eigenvalue weighted by molar-refractivity contribution is 0.672. The fraction of sp³-hybridized carbons (Fsp3) is 0.467. The van der Waals surface area contributed by atoms with E-state index in [1.54, 1.807) is 11.1 Å². The number of terminal acetylenes is 1. The molecule has 3 rings (SSSR count). The molecule has 0 aliphatic heterocycles. The smallest absolute Gasteiger partial charge is 0.0564 e. The summed E-state index contributed by atoms with van der Waals surface area (Å²) in [5, 5.41) is 0. The molecule has 1 saturated carbocycles. The summed E-state index contributed by atoms with van der Waals surface area (Å²) < 4.78 is 0. The maximum atomic E-state index is 5.68. The van der Waals surface area contributed by atoms with E-state index < -0.39 is 0 Å². The molecule has 0 N–H and O–H groups in total. The Bertz CT molecular complexity index is 430. The molecule has 1 aromatic carbocycles. The molecule has 0 atom stereocenters. The van der Waals surface area contributed by atoms with Gasteiger partial charge in [0.1, 0.15) is 0 Å². The summed E-state index contributed by atoms with van der Waals surface area (Å²) in [6.45, 7) is 0. The van der Waals surface area contributed by atoms with E-state index in [1.165, 1.54) is 44.1 Å². The summed E-state index contributed by atoms with van der Waals surface area (Å²) in [6, 6.07) is 6.73. The molecule has 2 aliphatic carbocycles. The van der Waals surface area contributed by atoms with Crippen LogP contribution in [0.1, 0.15) is 42.4 Å². The summed E-state index contributed by atoms with van der Waals surface area (Å²) in [5.41, 5.74) is 4.74. The summed E-state index contributed by atoms with van der Waals surface area (Å²) in [4.78, 5) is 0. The van der Waals surface area contributed by atoms with Crippen molar-refractivity contribution in [3.05, 3.63) is 34.9 Å². The summed E-state index contributed by atoms with van der Waals surface area (Å²) in [6.07, 6.45) is 13.3. The maximum absolute atomic E-state index is 5.68. The third-order valence-corrected chi connectivity index (χ3v) is 3.94. The predicted molar refractivity (Wildman–Crippen MR) is 62.8 cm³/mol. The number of rotatable bonds is 1. The minimum atomic E-state index is 0.128. The molecule has 0 saturated heterocycles. The molecule has 0 bridgehead atoms. The highest BCUT2D eigenvalue weighted by molar-refractivity contribution is 5.49. The molecular formula is C15H16. The van der Waals surface area contributed by atoms with Gasteiger partial charge in [0.15, 0.2) is 0 Å². The van der Waals surface area contributed by atoms with Crippen LogP contribution in [0.3, 0.4) is 0 Å². The van der Waals surface area contributed by atoms with E-state index in [0.717, 1.165) is 0 Å². The van der Waals surface area contributed by atoms with Gasteiger partial charge in [0, 0.05) is 0 Å². The van der Waals surface area contributed by atoms with Crippen molar-refractivity contribution in [1.82, 2.24) is 0 Å². The van der Waals surface area contributed by atoms with Gasteiger partial charge in [-0.3, -0.25) is 0 Å². The van der Waals surface area contributed by atoms with Crippen LogP contribution in [0.15, 0.2) is 18.2 Å². The lowest BCUT2D eigenvalue weighted by Crippen LogP contribution is -2.12. The zero-order valence-electron chi connectivity index (χ0n) is 9.05. The van der Waals surface area contributed by atoms with Crippen LogP contribution in [-0.2, 0) is 18.3 Å². The highest BCUT2D eigenvalue weighted by atomic mass is 14.5. The molecule has 0 heteroatoms. The van der Waals surface area contributed by atoms with Crippen LogP contribution >= 0.6 is 0 Å². The van der Waals surface area contributed by atoms with Gasteiger partial charge in [-0.15, -0.1) is 6.42 Å². The van der Waals surface area contributed by atoms with Crippen molar-refractivity contribution in [2.75, 3.05) is 0 Å². The standard InChI is InChI=1S/C15H16/c1-2-15(10-11-15)14-9-5-7-12-6-3-4-8-13(12)14/h1,5,7,9H,3-4,6,8,10-11H2. The van der Waals surface area contributed by atoms with Crippen molar-refractivity contribution in [3.63, 3.8) is 0 Å². The topological polar surface area (TPSA) is 0 Å². The van der Waals surface area contributed by atoms with Crippen LogP contribution in [0.2, 0.25) is 0 Å². The van der Waals surface area contributed by atoms with Crippen molar-refractivity contribution >= 4 is 0 Å². The van der Waals surface area contributed by atoms with Crippen molar-refractivity contribution < 1.29 is 0 Å². The number of benzene rings is 1. The van der Waals surface area contributed by atoms with Crippen LogP contribution < -0.4 is 0 Å². The van der Waals surface area contributed by atoms with Crippen molar-refractivity contribution in [2.24, 2.45) is 0 Å². The average molecular weight is 196 g/mol. The Hall–Kier alpha value is -1.22. The van der Waals surface area contributed by atoms with E-state index in [9.17, 15) is 0 Å². The largest absolute Gasteiger partial charge is 0.119 e. The lowest BCUT2D eigenvalue weighted by atomic mass is 9.82. The molecule has 0 heterocycles. The minimum absolute atomic E-state index is 0.128. The number of aryl methyl sites for hydroxylation is 1. The third-order valence-electron chi connectivity index (χ3n) is 3.94. The highest BCUT2D eigenvalue weighted by Crippen LogP contribution is 2.49. The first-order valence-electron chi connectivity index (χ1n) is 5.95. The fourth-order valence-corrected chi connectivity index (χ4v) is 2.85. The van der Waals surface area contributed by atoms with E-state index in [2.05, 4.69) is 24.1 Å². The van der Waals surface area contributed by atoms with Crippen LogP contribution in [0, 0.1) is 12.3 Å². The molecule has 0 unspecified atom stereocenters. The van der Waals surface area contributed by atoms with E-state index in [1.807, 2.05) is 0 Å². The van der Waals surface area contributed by atoms with Gasteiger partial charge in [0.25, 0.3) is 0 Å². The molecule has 76 valence electrons. The molecule has 0 aromatic heterocycles. The average Bonchev–Trinajstić information content (AvgIpc) is 3.09. The molecule has 1 fully saturated rings. The van der Waals surface area contributed by atoms with Crippen LogP contribution in [-0.4, -0.2) is 0 Å². The number of hydrogen-bond donors (Lipinski definition) is 0. The van der Waals surface area contributed by atoms with E-state index >= 15 is 0 Å². The molecule has 2 aliphatic rings. The van der Waals surface area contributed by atoms with Crippen molar-refractivity contribution in [3.8, 4) is 12.3 Å². The predicted octanol–water partition coefficient (Wildman–Crippen LogP) is 3.23. The SMILES string of the molecule is C#CC1(c2cccc3c2CCCC3)CC1. The first-order chi connectivity index (χ1) is 7.36. The molecule has 0 spiro atoms. The maximum Gasteiger partial charge on any atom is 0.0564 e. The van der Waals surface area contributed by atoms with Gasteiger partial charge in [-0.2, -0.15) is 0 Å². The Balaban J connectivity index is 2.13. The second-order valence-electron chi connectivity index (χ2n) is 4.88. The van der Waals surface area contributed by atoms with E-state index in [4.69, 9.17) is 6.42 Å². The second-order valence-corrected chi connectivity index (χ2v) is 4.88. The zero-order valence-corrected chi connectivity index (χ0v) is 9.05. The van der Waals surface area contributed by atoms with E-state index in [0.29, 0.717) is 0 Å². The van der Waals surface area contributed by atoms with Crippen LogP contribution in [0.5, 0.6) is 0 Å². The fourth-order valence-electron chi connectivity index (χ4n) is 2.85. The third kappa shape index (κ3) is 1.30. The Labute approximate surface area is 91.7 Å². The first kappa shape index (κ1) is 9.04. The van der Waals surface area contributed by atoms with Gasteiger partial charge >= 0.3 is 0 Å². The quantitative estimate of drug-likeness (QED) is 0.605. The Morgan fingerprint density at radius 1 is 1.13 bits per heavy atom. The van der Waals surface area contributed by atoms with Gasteiger partial charge in [-0.1, -0.05) is 24.1 Å². The van der Waals surface area contributed by atoms with Gasteiger partial charge < -0.3 is 0 Å². The highest BCUT2D eigenvalue weighted by Gasteiger charge is 2.44. The van der Waals surface area contributed by atoms with Crippen molar-refractivity contribution in [1.29, 1.82) is 0 Å². The van der Waals surface area contributed by atoms with Gasteiger partial charge in [0.2, 0.25) is 0 Å². The van der Waals surface area contributed by atoms with Crippen LogP contribution in [0.25, 0.3) is 0 Å². The molecular weight excluding hydrogens is 180 g/mol. The zero-order chi connectivity index (χ0) is 10.3. The normalized spacial score (nSPS) is 21.5. The van der Waals surface area contributed by atoms with Gasteiger partial charge in [-0.05, 0) is 55.2 Å². The molecule has 0 amide bonds. The molecule has 0 radical (unpaired) electrons. The minimum Gasteiger partial charge on any atom is -0.119 e. The number of fused-ring (bicyclic) bond motifs is 1. The Morgan fingerprint density at radius 2 is 1.93 bits per heavy atom. The summed E-state index contributed by atoms with van der Waals surface area (Å²) in [5.74, 6) is 3.02. The van der Waals surface area contributed by atoms with Gasteiger partial charge in [-0.25, -0.2) is 0 Å². The second kappa shape index (κ2) is 3.14. The number of hydrogen-bond acceptors (Lipinski definition) is 0. The Morgan fingerprint density at radius 3 is 2.67 bits per heavy atom. The molecule has 15 heavy (non-hydrogen) atoms. The van der Waals surface area contributed by atoms with Gasteiger partial charge in [0.05, 0.1) is 5.41 Å². The first-order valence-corrected chi connectivity index (χ1v) is 5.95.